The van der Waals surface area contributed by atoms with Gasteiger partial charge in [0, 0.05) is 16.2 Å². The molecule has 0 atom stereocenters. The van der Waals surface area contributed by atoms with E-state index in [2.05, 4.69) is 59.9 Å². The van der Waals surface area contributed by atoms with Crippen molar-refractivity contribution in [2.24, 2.45) is 0 Å². The van der Waals surface area contributed by atoms with Crippen LogP contribution in [0.4, 0.5) is 0 Å². The van der Waals surface area contributed by atoms with Crippen molar-refractivity contribution in [2.75, 3.05) is 6.61 Å². The van der Waals surface area contributed by atoms with Crippen molar-refractivity contribution >= 4 is 39.2 Å². The summed E-state index contributed by atoms with van der Waals surface area (Å²) in [6, 6.07) is 24.7. The fourth-order valence-corrected chi connectivity index (χ4v) is 4.23. The number of benzene rings is 3. The summed E-state index contributed by atoms with van der Waals surface area (Å²) in [6.45, 7) is 4.31. The Morgan fingerprint density at radius 1 is 0.897 bits per heavy atom. The van der Waals surface area contributed by atoms with Gasteiger partial charge >= 0.3 is 5.97 Å². The number of para-hydroxylation sites is 1. The number of hydrogen-bond donors (Lipinski definition) is 0. The van der Waals surface area contributed by atoms with Crippen molar-refractivity contribution in [3.05, 3.63) is 94.8 Å². The summed E-state index contributed by atoms with van der Waals surface area (Å²) in [5.41, 5.74) is 4.96. The van der Waals surface area contributed by atoms with E-state index in [-0.39, 0.29) is 5.97 Å². The van der Waals surface area contributed by atoms with E-state index >= 15 is 0 Å². The highest BCUT2D eigenvalue weighted by Crippen LogP contribution is 2.32. The molecule has 0 aliphatic rings. The number of carbonyl (C=O) groups excluding carboxylic acids is 1. The first kappa shape index (κ1) is 17.5. The molecule has 2 heterocycles. The minimum Gasteiger partial charge on any atom is -0.462 e. The average Bonchev–Trinajstić information content (AvgIpc) is 3.23. The van der Waals surface area contributed by atoms with Crippen LogP contribution in [0.2, 0.25) is 0 Å². The van der Waals surface area contributed by atoms with E-state index in [1.165, 1.54) is 11.1 Å². The molecule has 0 saturated heterocycles. The molecule has 3 aromatic carbocycles. The first-order valence-electron chi connectivity index (χ1n) is 9.88. The fourth-order valence-electron chi connectivity index (χ4n) is 4.23. The van der Waals surface area contributed by atoms with Gasteiger partial charge in [-0.1, -0.05) is 66.7 Å². The van der Waals surface area contributed by atoms with Crippen molar-refractivity contribution in [2.45, 2.75) is 13.8 Å². The van der Waals surface area contributed by atoms with Gasteiger partial charge in [-0.3, -0.25) is 0 Å². The van der Waals surface area contributed by atoms with Crippen LogP contribution in [-0.4, -0.2) is 17.0 Å². The Balaban J connectivity index is 2.03. The summed E-state index contributed by atoms with van der Waals surface area (Å²) < 4.78 is 7.64. The highest BCUT2D eigenvalue weighted by molar-refractivity contribution is 6.19. The van der Waals surface area contributed by atoms with Crippen molar-refractivity contribution in [1.29, 1.82) is 0 Å². The minimum atomic E-state index is -0.274. The lowest BCUT2D eigenvalue weighted by molar-refractivity contribution is 0.0531. The molecule has 5 aromatic rings. The van der Waals surface area contributed by atoms with Crippen LogP contribution in [0, 0.1) is 6.92 Å². The van der Waals surface area contributed by atoms with E-state index in [4.69, 9.17) is 4.74 Å². The maximum Gasteiger partial charge on any atom is 0.340 e. The predicted molar refractivity (Wildman–Crippen MR) is 118 cm³/mol. The molecule has 3 heteroatoms. The van der Waals surface area contributed by atoms with Crippen LogP contribution in [0.3, 0.4) is 0 Å². The van der Waals surface area contributed by atoms with Crippen LogP contribution in [0.25, 0.3) is 33.3 Å². The Kier molecular flexibility index (Phi) is 4.09. The molecule has 0 amide bonds. The number of nitrogens with zero attached hydrogens (tertiary/aromatic N) is 1. The van der Waals surface area contributed by atoms with Gasteiger partial charge in [-0.05, 0) is 37.1 Å². The summed E-state index contributed by atoms with van der Waals surface area (Å²) in [5.74, 6) is -0.274. The molecule has 0 saturated carbocycles. The molecule has 2 aromatic heterocycles. The van der Waals surface area contributed by atoms with Crippen LogP contribution in [0.1, 0.15) is 28.4 Å². The number of fused-ring (bicyclic) bond motifs is 5. The lowest BCUT2D eigenvalue weighted by atomic mass is 10.1. The molecular formula is C26H21NO2. The number of aryl methyl sites for hydroxylation is 1. The van der Waals surface area contributed by atoms with Gasteiger partial charge in [0.05, 0.1) is 28.6 Å². The Hall–Kier alpha value is -3.59. The maximum absolute atomic E-state index is 13.0. The highest BCUT2D eigenvalue weighted by atomic mass is 16.5. The standard InChI is InChI=1S/C26H21NO2/c1-3-29-26(28)24-21-14-8-9-15-22(21)27-23(16-18-11-5-4-10-17(18)2)19-12-6-7-13-20(19)25(24)27/h4-16H,3H2,1-2H3/b23-16-. The molecule has 0 unspecified atom stereocenters. The molecule has 0 bridgehead atoms. The second kappa shape index (κ2) is 6.78. The SMILES string of the molecule is CCOC(=O)c1c2ccccc2n2/c(=C\c3ccccc3C)c3ccccc3c12. The summed E-state index contributed by atoms with van der Waals surface area (Å²) >= 11 is 0. The van der Waals surface area contributed by atoms with Crippen molar-refractivity contribution < 1.29 is 9.53 Å². The van der Waals surface area contributed by atoms with Crippen LogP contribution in [0.15, 0.2) is 72.8 Å². The van der Waals surface area contributed by atoms with E-state index < -0.39 is 0 Å². The fraction of sp³-hybridized carbons (Fsp3) is 0.115. The zero-order valence-corrected chi connectivity index (χ0v) is 16.5. The molecule has 0 N–H and O–H groups in total. The smallest absolute Gasteiger partial charge is 0.340 e. The maximum atomic E-state index is 13.0. The first-order chi connectivity index (χ1) is 14.2. The highest BCUT2D eigenvalue weighted by Gasteiger charge is 2.23. The van der Waals surface area contributed by atoms with E-state index in [9.17, 15) is 4.79 Å². The normalized spacial score (nSPS) is 12.3. The van der Waals surface area contributed by atoms with Gasteiger partial charge in [-0.2, -0.15) is 0 Å². The van der Waals surface area contributed by atoms with Gasteiger partial charge in [0.2, 0.25) is 0 Å². The zero-order chi connectivity index (χ0) is 20.0. The second-order valence-corrected chi connectivity index (χ2v) is 7.23. The van der Waals surface area contributed by atoms with Gasteiger partial charge in [0.1, 0.15) is 0 Å². The van der Waals surface area contributed by atoms with Crippen LogP contribution < -0.4 is 5.35 Å². The third-order valence-electron chi connectivity index (χ3n) is 5.53. The lowest BCUT2D eigenvalue weighted by Gasteiger charge is -2.01. The number of esters is 1. The van der Waals surface area contributed by atoms with E-state index in [0.717, 1.165) is 32.5 Å². The topological polar surface area (TPSA) is 30.7 Å². The Labute approximate surface area is 168 Å². The number of rotatable bonds is 3. The van der Waals surface area contributed by atoms with E-state index in [0.29, 0.717) is 12.2 Å². The Bertz CT molecular complexity index is 1440. The molecular weight excluding hydrogens is 358 g/mol. The zero-order valence-electron chi connectivity index (χ0n) is 16.5. The molecule has 0 aliphatic carbocycles. The third-order valence-corrected chi connectivity index (χ3v) is 5.53. The molecule has 0 fully saturated rings. The quantitative estimate of drug-likeness (QED) is 0.399. The molecule has 5 rings (SSSR count). The molecule has 0 aliphatic heterocycles. The van der Waals surface area contributed by atoms with Crippen molar-refractivity contribution in [3.63, 3.8) is 0 Å². The van der Waals surface area contributed by atoms with Gasteiger partial charge < -0.3 is 9.14 Å². The average molecular weight is 379 g/mol. The third kappa shape index (κ3) is 2.62. The number of ether oxygens (including phenoxy) is 1. The summed E-state index contributed by atoms with van der Waals surface area (Å²) in [5, 5.41) is 4.19. The predicted octanol–water partition coefficient (Wildman–Crippen LogP) is 5.28. The Morgan fingerprint density at radius 2 is 1.55 bits per heavy atom. The largest absolute Gasteiger partial charge is 0.462 e. The van der Waals surface area contributed by atoms with Crippen LogP contribution in [-0.2, 0) is 4.74 Å². The molecule has 29 heavy (non-hydrogen) atoms. The number of aromatic nitrogens is 1. The Morgan fingerprint density at radius 3 is 2.31 bits per heavy atom. The van der Waals surface area contributed by atoms with Crippen LogP contribution >= 0.6 is 0 Å². The molecule has 0 spiro atoms. The van der Waals surface area contributed by atoms with Gasteiger partial charge in [0.15, 0.2) is 0 Å². The van der Waals surface area contributed by atoms with Gasteiger partial charge in [0.25, 0.3) is 0 Å². The minimum absolute atomic E-state index is 0.274. The molecule has 3 nitrogen and oxygen atoms in total. The number of carbonyl (C=O) groups is 1. The van der Waals surface area contributed by atoms with Gasteiger partial charge in [-0.15, -0.1) is 0 Å². The second-order valence-electron chi connectivity index (χ2n) is 7.23. The summed E-state index contributed by atoms with van der Waals surface area (Å²) in [4.78, 5) is 13.0. The van der Waals surface area contributed by atoms with Crippen molar-refractivity contribution in [1.82, 2.24) is 4.40 Å². The number of hydrogen-bond acceptors (Lipinski definition) is 2. The van der Waals surface area contributed by atoms with Crippen molar-refractivity contribution in [3.8, 4) is 0 Å². The van der Waals surface area contributed by atoms with Gasteiger partial charge in [-0.25, -0.2) is 4.79 Å². The summed E-state index contributed by atoms with van der Waals surface area (Å²) in [7, 11) is 0. The molecule has 0 radical (unpaired) electrons. The monoisotopic (exact) mass is 379 g/mol. The lowest BCUT2D eigenvalue weighted by Crippen LogP contribution is -2.09. The van der Waals surface area contributed by atoms with E-state index in [1.807, 2.05) is 37.3 Å². The summed E-state index contributed by atoms with van der Waals surface area (Å²) in [6.07, 6.45) is 2.21. The van der Waals surface area contributed by atoms with Crippen LogP contribution in [0.5, 0.6) is 0 Å². The first-order valence-corrected chi connectivity index (χ1v) is 9.88. The molecule has 142 valence electrons. The van der Waals surface area contributed by atoms with E-state index in [1.54, 1.807) is 0 Å².